The van der Waals surface area contributed by atoms with Gasteiger partial charge in [-0.2, -0.15) is 0 Å². The van der Waals surface area contributed by atoms with Gasteiger partial charge in [0.1, 0.15) is 0 Å². The zero-order valence-corrected chi connectivity index (χ0v) is 8.28. The van der Waals surface area contributed by atoms with Crippen molar-refractivity contribution in [2.45, 2.75) is 0 Å². The molecule has 0 aliphatic rings. The molecule has 0 aliphatic heterocycles. The highest BCUT2D eigenvalue weighted by Gasteiger charge is 2.22. The highest BCUT2D eigenvalue weighted by atomic mass is 31.2. The molecule has 0 atom stereocenters. The van der Waals surface area contributed by atoms with E-state index < -0.39 is 7.60 Å². The molecule has 0 aromatic heterocycles. The molecule has 0 saturated heterocycles. The van der Waals surface area contributed by atoms with Crippen LogP contribution in [0.25, 0.3) is 0 Å². The van der Waals surface area contributed by atoms with Crippen molar-refractivity contribution in [3.63, 3.8) is 0 Å². The first-order chi connectivity index (χ1) is 6.18. The van der Waals surface area contributed by atoms with Crippen LogP contribution in [0.15, 0.2) is 0 Å². The van der Waals surface area contributed by atoms with Crippen LogP contribution >= 0.6 is 7.60 Å². The van der Waals surface area contributed by atoms with Crippen LogP contribution in [0.2, 0.25) is 0 Å². The van der Waals surface area contributed by atoms with Crippen LogP contribution in [0.3, 0.4) is 0 Å². The van der Waals surface area contributed by atoms with Gasteiger partial charge in [-0.05, 0) is 0 Å². The number of rotatable bonds is 8. The lowest BCUT2D eigenvalue weighted by atomic mass is 10.8. The van der Waals surface area contributed by atoms with Gasteiger partial charge < -0.3 is 25.0 Å². The highest BCUT2D eigenvalue weighted by Crippen LogP contribution is 2.47. The van der Waals surface area contributed by atoms with Gasteiger partial charge in [0.25, 0.3) is 0 Å². The zero-order chi connectivity index (χ0) is 10.2. The summed E-state index contributed by atoms with van der Waals surface area (Å²) in [7, 11) is -3.20. The van der Waals surface area contributed by atoms with Crippen LogP contribution in [-0.2, 0) is 13.6 Å². The molecule has 0 saturated carbocycles. The van der Waals surface area contributed by atoms with E-state index in [0.717, 1.165) is 0 Å². The summed E-state index contributed by atoms with van der Waals surface area (Å²) in [5.41, 5.74) is 5.20. The molecule has 0 aromatic carbocycles. The van der Waals surface area contributed by atoms with Crippen molar-refractivity contribution in [3.05, 3.63) is 0 Å². The normalized spacial score (nSPS) is 11.9. The van der Waals surface area contributed by atoms with Crippen LogP contribution in [0.4, 0.5) is 0 Å². The van der Waals surface area contributed by atoms with Crippen molar-refractivity contribution >= 4 is 7.60 Å². The van der Waals surface area contributed by atoms with Crippen molar-refractivity contribution in [1.82, 2.24) is 0 Å². The van der Waals surface area contributed by atoms with Gasteiger partial charge in [0.15, 0.2) is 0 Å². The van der Waals surface area contributed by atoms with Gasteiger partial charge in [-0.1, -0.05) is 0 Å². The minimum Gasteiger partial charge on any atom is -0.394 e. The average molecular weight is 213 g/mol. The summed E-state index contributed by atoms with van der Waals surface area (Å²) in [6, 6.07) is 0. The van der Waals surface area contributed by atoms with E-state index in [1.54, 1.807) is 0 Å². The second-order valence-corrected chi connectivity index (χ2v) is 4.42. The number of hydrogen-bond acceptors (Lipinski definition) is 6. The molecule has 0 rings (SSSR count). The molecule has 80 valence electrons. The lowest BCUT2D eigenvalue weighted by Gasteiger charge is -2.16. The molecule has 6 nitrogen and oxygen atoms in total. The Labute approximate surface area is 77.2 Å². The SMILES string of the molecule is NCCP(=O)(OCCO)OCCO. The van der Waals surface area contributed by atoms with Gasteiger partial charge in [-0.3, -0.25) is 4.57 Å². The Balaban J connectivity index is 3.92. The topological polar surface area (TPSA) is 102 Å². The molecule has 4 N–H and O–H groups in total. The molecular formula is C6H16NO5P. The van der Waals surface area contributed by atoms with Gasteiger partial charge in [-0.25, -0.2) is 0 Å². The molecule has 0 aromatic rings. The van der Waals surface area contributed by atoms with Gasteiger partial charge >= 0.3 is 7.60 Å². The standard InChI is InChI=1S/C6H16NO5P/c7-1-6-13(10,11-4-2-8)12-5-3-9/h8-9H,1-7H2. The van der Waals surface area contributed by atoms with Crippen LogP contribution in [0, 0.1) is 0 Å². The van der Waals surface area contributed by atoms with E-state index >= 15 is 0 Å². The first kappa shape index (κ1) is 13.0. The van der Waals surface area contributed by atoms with Crippen molar-refractivity contribution in [3.8, 4) is 0 Å². The maximum Gasteiger partial charge on any atom is 0.332 e. The molecule has 0 bridgehead atoms. The molecule has 0 fully saturated rings. The summed E-state index contributed by atoms with van der Waals surface area (Å²) in [5.74, 6) is 0. The fourth-order valence-electron chi connectivity index (χ4n) is 0.684. The van der Waals surface area contributed by atoms with Crippen LogP contribution in [0.5, 0.6) is 0 Å². The summed E-state index contributed by atoms with van der Waals surface area (Å²) in [5, 5.41) is 16.9. The van der Waals surface area contributed by atoms with E-state index in [1.807, 2.05) is 0 Å². The summed E-state index contributed by atoms with van der Waals surface area (Å²) in [6.45, 7) is -0.381. The third-order valence-electron chi connectivity index (χ3n) is 1.16. The van der Waals surface area contributed by atoms with Gasteiger partial charge in [0.2, 0.25) is 0 Å². The smallest absolute Gasteiger partial charge is 0.332 e. The van der Waals surface area contributed by atoms with Crippen molar-refractivity contribution < 1.29 is 23.8 Å². The maximum atomic E-state index is 11.6. The average Bonchev–Trinajstić information content (AvgIpc) is 2.12. The van der Waals surface area contributed by atoms with Crippen molar-refractivity contribution in [1.29, 1.82) is 0 Å². The second kappa shape index (κ2) is 7.44. The lowest BCUT2D eigenvalue weighted by Crippen LogP contribution is -2.12. The number of aliphatic hydroxyl groups is 2. The molecular weight excluding hydrogens is 197 g/mol. The Bertz CT molecular complexity index is 153. The van der Waals surface area contributed by atoms with Gasteiger partial charge in [0.05, 0.1) is 32.6 Å². The molecule has 0 aliphatic carbocycles. The van der Waals surface area contributed by atoms with E-state index in [2.05, 4.69) is 0 Å². The molecule has 13 heavy (non-hydrogen) atoms. The summed E-state index contributed by atoms with van der Waals surface area (Å²) in [6.07, 6.45) is 0.0903. The van der Waals surface area contributed by atoms with Gasteiger partial charge in [0, 0.05) is 6.54 Å². The lowest BCUT2D eigenvalue weighted by molar-refractivity contribution is 0.141. The van der Waals surface area contributed by atoms with E-state index in [9.17, 15) is 4.57 Å². The van der Waals surface area contributed by atoms with Crippen LogP contribution < -0.4 is 5.73 Å². The third-order valence-corrected chi connectivity index (χ3v) is 3.12. The second-order valence-electron chi connectivity index (χ2n) is 2.24. The van der Waals surface area contributed by atoms with Crippen molar-refractivity contribution in [2.24, 2.45) is 5.73 Å². The molecule has 0 spiro atoms. The monoisotopic (exact) mass is 213 g/mol. The number of aliphatic hydroxyl groups excluding tert-OH is 2. The number of nitrogens with two attached hydrogens (primary N) is 1. The Kier molecular flexibility index (Phi) is 7.45. The fourth-order valence-corrected chi connectivity index (χ4v) is 2.05. The molecule has 0 unspecified atom stereocenters. The van der Waals surface area contributed by atoms with Gasteiger partial charge in [-0.15, -0.1) is 0 Å². The Morgan fingerprint density at radius 3 is 1.92 bits per heavy atom. The van der Waals surface area contributed by atoms with Crippen LogP contribution in [-0.4, -0.2) is 49.3 Å². The first-order valence-electron chi connectivity index (χ1n) is 3.98. The minimum atomic E-state index is -3.20. The Hall–Kier alpha value is 0.0300. The maximum absolute atomic E-state index is 11.6. The van der Waals surface area contributed by atoms with Crippen LogP contribution in [0.1, 0.15) is 0 Å². The molecule has 0 amide bonds. The molecule has 7 heteroatoms. The fraction of sp³-hybridized carbons (Fsp3) is 1.00. The van der Waals surface area contributed by atoms with E-state index in [0.29, 0.717) is 0 Å². The quantitative estimate of drug-likeness (QED) is 0.454. The summed E-state index contributed by atoms with van der Waals surface area (Å²) in [4.78, 5) is 0. The van der Waals surface area contributed by atoms with E-state index in [4.69, 9.17) is 25.0 Å². The first-order valence-corrected chi connectivity index (χ1v) is 5.71. The number of hydrogen-bond donors (Lipinski definition) is 3. The summed E-state index contributed by atoms with van der Waals surface area (Å²) >= 11 is 0. The van der Waals surface area contributed by atoms with E-state index in [-0.39, 0.29) is 39.1 Å². The molecule has 0 radical (unpaired) electrons. The molecule has 0 heterocycles. The summed E-state index contributed by atoms with van der Waals surface area (Å²) < 4.78 is 21.2. The van der Waals surface area contributed by atoms with E-state index in [1.165, 1.54) is 0 Å². The minimum absolute atomic E-state index is 0.0529. The predicted octanol–water partition coefficient (Wildman–Crippen LogP) is -0.844. The third kappa shape index (κ3) is 6.15. The van der Waals surface area contributed by atoms with Crippen molar-refractivity contribution in [2.75, 3.05) is 39.1 Å². The largest absolute Gasteiger partial charge is 0.394 e. The zero-order valence-electron chi connectivity index (χ0n) is 7.39. The Morgan fingerprint density at radius 2 is 1.62 bits per heavy atom. The Morgan fingerprint density at radius 1 is 1.15 bits per heavy atom. The highest BCUT2D eigenvalue weighted by molar-refractivity contribution is 7.53. The predicted molar refractivity (Wildman–Crippen MR) is 47.6 cm³/mol.